The Kier molecular flexibility index (Phi) is 4.21. The van der Waals surface area contributed by atoms with Gasteiger partial charge in [0.2, 0.25) is 10.0 Å². The van der Waals surface area contributed by atoms with E-state index in [0.29, 0.717) is 11.4 Å². The van der Waals surface area contributed by atoms with Gasteiger partial charge in [0.15, 0.2) is 0 Å². The predicted molar refractivity (Wildman–Crippen MR) is 77.1 cm³/mol. The fourth-order valence-electron chi connectivity index (χ4n) is 1.54. The average Bonchev–Trinajstić information content (AvgIpc) is 2.76. The maximum absolute atomic E-state index is 12.3. The molecule has 0 bridgehead atoms. The van der Waals surface area contributed by atoms with Crippen molar-refractivity contribution in [3.05, 3.63) is 51.1 Å². The molecule has 0 saturated carbocycles. The molecule has 18 heavy (non-hydrogen) atoms. The highest BCUT2D eigenvalue weighted by molar-refractivity contribution is 9.11. The molecular weight excluding hydrogens is 334 g/mol. The molecule has 1 heterocycles. The number of nitrogens with zero attached hydrogens (tertiary/aromatic N) is 1. The van der Waals surface area contributed by atoms with Gasteiger partial charge in [0.05, 0.1) is 8.68 Å². The second-order valence-electron chi connectivity index (χ2n) is 3.83. The SMILES string of the molecule is CN(Cc1csc(Br)c1)S(=O)(=O)c1ccccc1. The molecule has 0 aliphatic heterocycles. The summed E-state index contributed by atoms with van der Waals surface area (Å²) in [5, 5.41) is 1.95. The standard InChI is InChI=1S/C12H12BrNO2S2/c1-14(8-10-7-12(13)17-9-10)18(15,16)11-5-3-2-4-6-11/h2-7,9H,8H2,1H3. The minimum Gasteiger partial charge on any atom is -0.207 e. The van der Waals surface area contributed by atoms with Crippen molar-refractivity contribution in [2.24, 2.45) is 0 Å². The summed E-state index contributed by atoms with van der Waals surface area (Å²) in [5.74, 6) is 0. The van der Waals surface area contributed by atoms with Crippen LogP contribution in [-0.4, -0.2) is 19.8 Å². The molecule has 0 aliphatic rings. The van der Waals surface area contributed by atoms with E-state index in [2.05, 4.69) is 15.9 Å². The third-order valence-electron chi connectivity index (χ3n) is 2.48. The van der Waals surface area contributed by atoms with Crippen molar-refractivity contribution in [2.45, 2.75) is 11.4 Å². The van der Waals surface area contributed by atoms with Crippen molar-refractivity contribution in [1.82, 2.24) is 4.31 Å². The van der Waals surface area contributed by atoms with E-state index in [0.717, 1.165) is 9.35 Å². The van der Waals surface area contributed by atoms with Crippen molar-refractivity contribution >= 4 is 37.3 Å². The maximum Gasteiger partial charge on any atom is 0.243 e. The first-order valence-corrected chi connectivity index (χ1v) is 8.36. The van der Waals surface area contributed by atoms with Crippen LogP contribution in [0.25, 0.3) is 0 Å². The van der Waals surface area contributed by atoms with Gasteiger partial charge in [-0.2, -0.15) is 4.31 Å². The average molecular weight is 346 g/mol. The van der Waals surface area contributed by atoms with E-state index in [-0.39, 0.29) is 0 Å². The monoisotopic (exact) mass is 345 g/mol. The van der Waals surface area contributed by atoms with Gasteiger partial charge in [-0.1, -0.05) is 18.2 Å². The fraction of sp³-hybridized carbons (Fsp3) is 0.167. The van der Waals surface area contributed by atoms with E-state index in [1.807, 2.05) is 11.4 Å². The minimum absolute atomic E-state index is 0.321. The van der Waals surface area contributed by atoms with Crippen molar-refractivity contribution in [3.63, 3.8) is 0 Å². The van der Waals surface area contributed by atoms with Crippen LogP contribution in [0.1, 0.15) is 5.56 Å². The summed E-state index contributed by atoms with van der Waals surface area (Å²) < 4.78 is 26.9. The zero-order chi connectivity index (χ0) is 13.2. The lowest BCUT2D eigenvalue weighted by atomic mass is 10.3. The highest BCUT2D eigenvalue weighted by Crippen LogP contribution is 2.23. The Labute approximate surface area is 119 Å². The second kappa shape index (κ2) is 5.52. The van der Waals surface area contributed by atoms with Gasteiger partial charge in [-0.15, -0.1) is 11.3 Å². The maximum atomic E-state index is 12.3. The van der Waals surface area contributed by atoms with Crippen LogP contribution in [0.5, 0.6) is 0 Å². The topological polar surface area (TPSA) is 37.4 Å². The summed E-state index contributed by atoms with van der Waals surface area (Å²) >= 11 is 4.92. The molecule has 1 aromatic carbocycles. The first kappa shape index (κ1) is 13.7. The van der Waals surface area contributed by atoms with Crippen LogP contribution < -0.4 is 0 Å². The molecule has 0 atom stereocenters. The molecular formula is C12H12BrNO2S2. The lowest BCUT2D eigenvalue weighted by Gasteiger charge is -2.16. The van der Waals surface area contributed by atoms with Crippen molar-refractivity contribution < 1.29 is 8.42 Å². The highest BCUT2D eigenvalue weighted by atomic mass is 79.9. The lowest BCUT2D eigenvalue weighted by molar-refractivity contribution is 0.467. The number of hydrogen-bond acceptors (Lipinski definition) is 3. The van der Waals surface area contributed by atoms with Crippen LogP contribution in [-0.2, 0) is 16.6 Å². The van der Waals surface area contributed by atoms with Crippen LogP contribution >= 0.6 is 27.3 Å². The van der Waals surface area contributed by atoms with E-state index in [9.17, 15) is 8.42 Å². The molecule has 0 amide bonds. The van der Waals surface area contributed by atoms with Gasteiger partial charge in [-0.25, -0.2) is 8.42 Å². The quantitative estimate of drug-likeness (QED) is 0.852. The van der Waals surface area contributed by atoms with Crippen LogP contribution in [0, 0.1) is 0 Å². The van der Waals surface area contributed by atoms with E-state index in [1.54, 1.807) is 48.7 Å². The molecule has 96 valence electrons. The van der Waals surface area contributed by atoms with E-state index in [4.69, 9.17) is 0 Å². The Hall–Kier alpha value is -0.690. The summed E-state index contributed by atoms with van der Waals surface area (Å²) in [6.45, 7) is 0.374. The summed E-state index contributed by atoms with van der Waals surface area (Å²) in [7, 11) is -1.81. The molecule has 0 N–H and O–H groups in total. The molecule has 0 saturated heterocycles. The van der Waals surface area contributed by atoms with Crippen LogP contribution in [0.4, 0.5) is 0 Å². The number of hydrogen-bond donors (Lipinski definition) is 0. The molecule has 0 spiro atoms. The first-order valence-electron chi connectivity index (χ1n) is 5.24. The van der Waals surface area contributed by atoms with Gasteiger partial charge < -0.3 is 0 Å². The van der Waals surface area contributed by atoms with E-state index in [1.165, 1.54) is 4.31 Å². The van der Waals surface area contributed by atoms with Crippen molar-refractivity contribution in [3.8, 4) is 0 Å². The number of rotatable bonds is 4. The Balaban J connectivity index is 2.21. The third-order valence-corrected chi connectivity index (χ3v) is 5.85. The van der Waals surface area contributed by atoms with Gasteiger partial charge in [0.1, 0.15) is 0 Å². The van der Waals surface area contributed by atoms with Crippen LogP contribution in [0.2, 0.25) is 0 Å². The van der Waals surface area contributed by atoms with Crippen molar-refractivity contribution in [2.75, 3.05) is 7.05 Å². The van der Waals surface area contributed by atoms with E-state index < -0.39 is 10.0 Å². The molecule has 6 heteroatoms. The molecule has 0 radical (unpaired) electrons. The Bertz CT molecular complexity index is 623. The Morgan fingerprint density at radius 2 is 1.94 bits per heavy atom. The summed E-state index contributed by atoms with van der Waals surface area (Å²) in [6, 6.07) is 10.4. The molecule has 0 fully saturated rings. The number of halogens is 1. The molecule has 0 unspecified atom stereocenters. The summed E-state index contributed by atoms with van der Waals surface area (Å²) in [6.07, 6.45) is 0. The summed E-state index contributed by atoms with van der Waals surface area (Å²) in [5.41, 5.74) is 0.980. The van der Waals surface area contributed by atoms with Crippen molar-refractivity contribution in [1.29, 1.82) is 0 Å². The highest BCUT2D eigenvalue weighted by Gasteiger charge is 2.20. The van der Waals surface area contributed by atoms with E-state index >= 15 is 0 Å². The molecule has 3 nitrogen and oxygen atoms in total. The molecule has 2 aromatic rings. The third kappa shape index (κ3) is 3.00. The molecule has 0 aliphatic carbocycles. The fourth-order valence-corrected chi connectivity index (χ4v) is 3.92. The smallest absolute Gasteiger partial charge is 0.207 e. The predicted octanol–water partition coefficient (Wildman–Crippen LogP) is 3.33. The number of thiophene rings is 1. The summed E-state index contributed by atoms with van der Waals surface area (Å²) in [4.78, 5) is 0.321. The largest absolute Gasteiger partial charge is 0.243 e. The van der Waals surface area contributed by atoms with Gasteiger partial charge >= 0.3 is 0 Å². The second-order valence-corrected chi connectivity index (χ2v) is 8.17. The number of sulfonamides is 1. The van der Waals surface area contributed by atoms with Gasteiger partial charge in [0, 0.05) is 13.6 Å². The zero-order valence-corrected chi connectivity index (χ0v) is 12.9. The molecule has 1 aromatic heterocycles. The van der Waals surface area contributed by atoms with Gasteiger partial charge in [-0.3, -0.25) is 0 Å². The van der Waals surface area contributed by atoms with Gasteiger partial charge in [0.25, 0.3) is 0 Å². The van der Waals surface area contributed by atoms with Crippen LogP contribution in [0.15, 0.2) is 50.5 Å². The number of benzene rings is 1. The first-order chi connectivity index (χ1) is 8.50. The molecule has 2 rings (SSSR count). The zero-order valence-electron chi connectivity index (χ0n) is 9.71. The minimum atomic E-state index is -3.41. The Morgan fingerprint density at radius 3 is 2.50 bits per heavy atom. The Morgan fingerprint density at radius 1 is 1.28 bits per heavy atom. The normalized spacial score (nSPS) is 11.9. The van der Waals surface area contributed by atoms with Gasteiger partial charge in [-0.05, 0) is 45.1 Å². The van der Waals surface area contributed by atoms with Crippen LogP contribution in [0.3, 0.4) is 0 Å². The lowest BCUT2D eigenvalue weighted by Crippen LogP contribution is -2.26.